The summed E-state index contributed by atoms with van der Waals surface area (Å²) >= 11 is 0. The van der Waals surface area contributed by atoms with Crippen molar-refractivity contribution in [2.75, 3.05) is 26.1 Å². The van der Waals surface area contributed by atoms with Gasteiger partial charge in [0.25, 0.3) is 10.1 Å². The smallest absolute Gasteiger partial charge is 0.354 e. The second-order valence-electron chi connectivity index (χ2n) is 4.95. The molecule has 0 saturated heterocycles. The second kappa shape index (κ2) is 7.01. The summed E-state index contributed by atoms with van der Waals surface area (Å²) in [5.41, 5.74) is 1.98. The topological polar surface area (TPSA) is 94.7 Å². The number of aromatic nitrogens is 1. The van der Waals surface area contributed by atoms with Gasteiger partial charge in [0, 0.05) is 5.39 Å². The van der Waals surface area contributed by atoms with Gasteiger partial charge >= 0.3 is 5.97 Å². The summed E-state index contributed by atoms with van der Waals surface area (Å²) in [7, 11) is -3.49. The predicted molar refractivity (Wildman–Crippen MR) is 85.3 cm³/mol. The quantitative estimate of drug-likeness (QED) is 0.470. The van der Waals surface area contributed by atoms with Gasteiger partial charge in [0.1, 0.15) is 24.7 Å². The molecule has 0 radical (unpaired) electrons. The van der Waals surface area contributed by atoms with E-state index in [1.165, 1.54) is 0 Å². The highest BCUT2D eigenvalue weighted by Gasteiger charge is 2.14. The molecule has 7 nitrogen and oxygen atoms in total. The molecule has 1 aromatic carbocycles. The minimum atomic E-state index is -3.49. The van der Waals surface area contributed by atoms with Crippen LogP contribution in [0.3, 0.4) is 0 Å². The lowest BCUT2D eigenvalue weighted by atomic mass is 10.1. The number of hydrogen-bond acceptors (Lipinski definition) is 6. The Morgan fingerprint density at radius 3 is 2.65 bits per heavy atom. The van der Waals surface area contributed by atoms with Crippen LogP contribution in [-0.4, -0.2) is 45.4 Å². The average Bonchev–Trinajstić information content (AvgIpc) is 2.91. The first kappa shape index (κ1) is 17.3. The van der Waals surface area contributed by atoms with Gasteiger partial charge in [-0.2, -0.15) is 8.42 Å². The number of nitrogens with one attached hydrogen (secondary N) is 1. The minimum absolute atomic E-state index is 0.0684. The SMILES string of the molecule is CCOC(=O)c1cc2c(C)ccc(OCCOS(C)(=O)=O)c2[nH]1. The van der Waals surface area contributed by atoms with Gasteiger partial charge in [-0.1, -0.05) is 6.07 Å². The molecule has 0 fully saturated rings. The van der Waals surface area contributed by atoms with Gasteiger partial charge in [0.05, 0.1) is 18.4 Å². The number of benzene rings is 1. The van der Waals surface area contributed by atoms with E-state index in [-0.39, 0.29) is 13.2 Å². The van der Waals surface area contributed by atoms with Crippen LogP contribution in [0.1, 0.15) is 23.0 Å². The molecule has 0 bridgehead atoms. The van der Waals surface area contributed by atoms with Crippen LogP contribution in [0.2, 0.25) is 0 Å². The molecule has 0 saturated carbocycles. The molecule has 0 atom stereocenters. The second-order valence-corrected chi connectivity index (χ2v) is 6.59. The Morgan fingerprint density at radius 1 is 1.26 bits per heavy atom. The zero-order valence-electron chi connectivity index (χ0n) is 13.2. The van der Waals surface area contributed by atoms with Crippen molar-refractivity contribution in [3.63, 3.8) is 0 Å². The van der Waals surface area contributed by atoms with Crippen molar-refractivity contribution >= 4 is 27.0 Å². The molecule has 0 aliphatic carbocycles. The van der Waals surface area contributed by atoms with Crippen LogP contribution in [0.5, 0.6) is 5.75 Å². The van der Waals surface area contributed by atoms with Crippen LogP contribution >= 0.6 is 0 Å². The van der Waals surface area contributed by atoms with E-state index in [1.54, 1.807) is 19.1 Å². The highest BCUT2D eigenvalue weighted by Crippen LogP contribution is 2.29. The maximum Gasteiger partial charge on any atom is 0.354 e. The molecule has 1 N–H and O–H groups in total. The van der Waals surface area contributed by atoms with Crippen LogP contribution in [0, 0.1) is 6.92 Å². The standard InChI is InChI=1S/C15H19NO6S/c1-4-20-15(17)12-9-11-10(2)5-6-13(14(11)16-12)21-7-8-22-23(3,18)19/h5-6,9,16H,4,7-8H2,1-3H3. The van der Waals surface area contributed by atoms with Crippen LogP contribution in [0.25, 0.3) is 10.9 Å². The van der Waals surface area contributed by atoms with E-state index in [2.05, 4.69) is 9.17 Å². The maximum atomic E-state index is 11.8. The fraction of sp³-hybridized carbons (Fsp3) is 0.400. The van der Waals surface area contributed by atoms with Crippen LogP contribution in [-0.2, 0) is 19.0 Å². The van der Waals surface area contributed by atoms with Crippen molar-refractivity contribution < 1.29 is 26.9 Å². The van der Waals surface area contributed by atoms with E-state index in [0.29, 0.717) is 23.6 Å². The van der Waals surface area contributed by atoms with Crippen LogP contribution in [0.4, 0.5) is 0 Å². The van der Waals surface area contributed by atoms with Gasteiger partial charge in [0.2, 0.25) is 0 Å². The van der Waals surface area contributed by atoms with Crippen LogP contribution in [0.15, 0.2) is 18.2 Å². The van der Waals surface area contributed by atoms with Crippen molar-refractivity contribution in [3.8, 4) is 5.75 Å². The third-order valence-electron chi connectivity index (χ3n) is 3.11. The van der Waals surface area contributed by atoms with Crippen molar-refractivity contribution in [2.24, 2.45) is 0 Å². The molecule has 8 heteroatoms. The number of carbonyl (C=O) groups is 1. The molecule has 1 heterocycles. The molecule has 0 unspecified atom stereocenters. The normalized spacial score (nSPS) is 11.6. The number of esters is 1. The molecule has 0 spiro atoms. The number of rotatable bonds is 7. The first-order valence-corrected chi connectivity index (χ1v) is 8.90. The number of ether oxygens (including phenoxy) is 2. The number of aryl methyl sites for hydroxylation is 1. The highest BCUT2D eigenvalue weighted by atomic mass is 32.2. The highest BCUT2D eigenvalue weighted by molar-refractivity contribution is 7.85. The summed E-state index contributed by atoms with van der Waals surface area (Å²) in [6.07, 6.45) is 0.980. The zero-order valence-corrected chi connectivity index (χ0v) is 14.0. The predicted octanol–water partition coefficient (Wildman–Crippen LogP) is 2.01. The fourth-order valence-electron chi connectivity index (χ4n) is 2.11. The molecule has 126 valence electrons. The number of aromatic amines is 1. The van der Waals surface area contributed by atoms with Crippen LogP contribution < -0.4 is 4.74 Å². The van der Waals surface area contributed by atoms with E-state index in [0.717, 1.165) is 17.2 Å². The Hall–Kier alpha value is -2.06. The Bertz CT molecular complexity index is 809. The van der Waals surface area contributed by atoms with Crippen molar-refractivity contribution in [3.05, 3.63) is 29.5 Å². The fourth-order valence-corrected chi connectivity index (χ4v) is 2.48. The summed E-state index contributed by atoms with van der Waals surface area (Å²) in [6.45, 7) is 3.93. The summed E-state index contributed by atoms with van der Waals surface area (Å²) < 4.78 is 37.0. The molecular formula is C15H19NO6S. The van der Waals surface area contributed by atoms with E-state index in [9.17, 15) is 13.2 Å². The number of fused-ring (bicyclic) bond motifs is 1. The molecule has 0 amide bonds. The lowest BCUT2D eigenvalue weighted by Crippen LogP contribution is -2.11. The molecule has 1 aromatic heterocycles. The Labute approximate surface area is 134 Å². The third-order valence-corrected chi connectivity index (χ3v) is 3.70. The number of carbonyl (C=O) groups excluding carboxylic acids is 1. The maximum absolute atomic E-state index is 11.8. The van der Waals surface area contributed by atoms with E-state index < -0.39 is 16.1 Å². The molecular weight excluding hydrogens is 322 g/mol. The summed E-state index contributed by atoms with van der Waals surface area (Å²) in [5, 5.41) is 0.842. The Kier molecular flexibility index (Phi) is 5.27. The summed E-state index contributed by atoms with van der Waals surface area (Å²) in [5.74, 6) is 0.0766. The molecule has 2 rings (SSSR count). The van der Waals surface area contributed by atoms with Gasteiger partial charge in [-0.3, -0.25) is 4.18 Å². The van der Waals surface area contributed by atoms with E-state index >= 15 is 0 Å². The van der Waals surface area contributed by atoms with Gasteiger partial charge < -0.3 is 14.5 Å². The molecule has 0 aliphatic heterocycles. The largest absolute Gasteiger partial charge is 0.489 e. The van der Waals surface area contributed by atoms with E-state index in [1.807, 2.05) is 13.0 Å². The van der Waals surface area contributed by atoms with Gasteiger partial charge in [-0.15, -0.1) is 0 Å². The molecule has 2 aromatic rings. The lowest BCUT2D eigenvalue weighted by molar-refractivity contribution is 0.0520. The van der Waals surface area contributed by atoms with Gasteiger partial charge in [-0.05, 0) is 31.5 Å². The first-order valence-electron chi connectivity index (χ1n) is 7.08. The van der Waals surface area contributed by atoms with Gasteiger partial charge in [-0.25, -0.2) is 4.79 Å². The Morgan fingerprint density at radius 2 is 2.00 bits per heavy atom. The molecule has 0 aliphatic rings. The number of hydrogen-bond donors (Lipinski definition) is 1. The summed E-state index contributed by atoms with van der Waals surface area (Å²) in [6, 6.07) is 5.32. The third kappa shape index (κ3) is 4.46. The average molecular weight is 341 g/mol. The van der Waals surface area contributed by atoms with Crippen molar-refractivity contribution in [1.29, 1.82) is 0 Å². The minimum Gasteiger partial charge on any atom is -0.489 e. The zero-order chi connectivity index (χ0) is 17.0. The summed E-state index contributed by atoms with van der Waals surface area (Å²) in [4.78, 5) is 14.8. The monoisotopic (exact) mass is 341 g/mol. The first-order chi connectivity index (χ1) is 10.8. The van der Waals surface area contributed by atoms with Crippen molar-refractivity contribution in [2.45, 2.75) is 13.8 Å². The lowest BCUT2D eigenvalue weighted by Gasteiger charge is -2.08. The van der Waals surface area contributed by atoms with Gasteiger partial charge in [0.15, 0.2) is 0 Å². The van der Waals surface area contributed by atoms with E-state index in [4.69, 9.17) is 9.47 Å². The van der Waals surface area contributed by atoms with Crippen molar-refractivity contribution in [1.82, 2.24) is 4.98 Å². The molecule has 23 heavy (non-hydrogen) atoms. The Balaban J connectivity index is 2.20. The number of H-pyrrole nitrogens is 1.